The first-order chi connectivity index (χ1) is 8.22. The molecule has 0 aromatic rings. The van der Waals surface area contributed by atoms with Crippen LogP contribution in [0, 0.1) is 0 Å². The standard InChI is InChI=1S/C15H32O2/c1-4-6-7-8-9-10-11-12-13-17-15(5-2)14(3)16/h14-16H,4-13H2,1-3H3. The Kier molecular flexibility index (Phi) is 12.3. The summed E-state index contributed by atoms with van der Waals surface area (Å²) >= 11 is 0. The lowest BCUT2D eigenvalue weighted by atomic mass is 10.1. The summed E-state index contributed by atoms with van der Waals surface area (Å²) in [5, 5.41) is 9.41. The monoisotopic (exact) mass is 244 g/mol. The highest BCUT2D eigenvalue weighted by molar-refractivity contribution is 4.61. The second kappa shape index (κ2) is 12.4. The van der Waals surface area contributed by atoms with Gasteiger partial charge in [0.15, 0.2) is 0 Å². The van der Waals surface area contributed by atoms with Gasteiger partial charge in [-0.1, -0.05) is 58.8 Å². The van der Waals surface area contributed by atoms with E-state index in [1.807, 2.05) is 6.92 Å². The van der Waals surface area contributed by atoms with Gasteiger partial charge in [0.05, 0.1) is 12.2 Å². The first-order valence-corrected chi connectivity index (χ1v) is 7.52. The molecule has 0 saturated carbocycles. The largest absolute Gasteiger partial charge is 0.391 e. The highest BCUT2D eigenvalue weighted by Gasteiger charge is 2.11. The van der Waals surface area contributed by atoms with Gasteiger partial charge in [0.2, 0.25) is 0 Å². The molecule has 0 aliphatic carbocycles. The van der Waals surface area contributed by atoms with E-state index >= 15 is 0 Å². The number of unbranched alkanes of at least 4 members (excludes halogenated alkanes) is 7. The molecule has 2 heteroatoms. The number of aliphatic hydroxyl groups is 1. The van der Waals surface area contributed by atoms with E-state index in [1.54, 1.807) is 0 Å². The van der Waals surface area contributed by atoms with Crippen molar-refractivity contribution in [1.82, 2.24) is 0 Å². The topological polar surface area (TPSA) is 29.5 Å². The molecule has 0 saturated heterocycles. The van der Waals surface area contributed by atoms with E-state index in [1.165, 1.54) is 44.9 Å². The van der Waals surface area contributed by atoms with Crippen LogP contribution in [0.15, 0.2) is 0 Å². The summed E-state index contributed by atoms with van der Waals surface area (Å²) in [7, 11) is 0. The Morgan fingerprint density at radius 1 is 0.882 bits per heavy atom. The van der Waals surface area contributed by atoms with Crippen LogP contribution in [0.25, 0.3) is 0 Å². The average Bonchev–Trinajstić information content (AvgIpc) is 2.31. The molecule has 0 spiro atoms. The highest BCUT2D eigenvalue weighted by Crippen LogP contribution is 2.10. The predicted octanol–water partition coefficient (Wildman–Crippen LogP) is 4.30. The maximum atomic E-state index is 9.41. The van der Waals surface area contributed by atoms with Gasteiger partial charge in [0, 0.05) is 6.61 Å². The van der Waals surface area contributed by atoms with Gasteiger partial charge in [-0.15, -0.1) is 0 Å². The average molecular weight is 244 g/mol. The minimum Gasteiger partial charge on any atom is -0.391 e. The fraction of sp³-hybridized carbons (Fsp3) is 1.00. The Hall–Kier alpha value is -0.0800. The number of hydrogen-bond donors (Lipinski definition) is 1. The predicted molar refractivity (Wildman–Crippen MR) is 74.3 cm³/mol. The number of rotatable bonds is 12. The van der Waals surface area contributed by atoms with Crippen LogP contribution in [0.1, 0.15) is 78.6 Å². The first kappa shape index (κ1) is 16.9. The molecular formula is C15H32O2. The third-order valence-corrected chi connectivity index (χ3v) is 3.27. The Balaban J connectivity index is 3.17. The minimum atomic E-state index is -0.339. The number of ether oxygens (including phenoxy) is 1. The van der Waals surface area contributed by atoms with Crippen LogP contribution in [0.2, 0.25) is 0 Å². The fourth-order valence-corrected chi connectivity index (χ4v) is 2.07. The van der Waals surface area contributed by atoms with Crippen molar-refractivity contribution in [2.75, 3.05) is 6.61 Å². The molecule has 0 aromatic carbocycles. The zero-order valence-electron chi connectivity index (χ0n) is 12.1. The van der Waals surface area contributed by atoms with Gasteiger partial charge >= 0.3 is 0 Å². The Morgan fingerprint density at radius 3 is 1.88 bits per heavy atom. The smallest absolute Gasteiger partial charge is 0.0828 e. The molecular weight excluding hydrogens is 212 g/mol. The molecule has 2 atom stereocenters. The SMILES string of the molecule is CCCCCCCCCCOC(CC)C(C)O. The van der Waals surface area contributed by atoms with Gasteiger partial charge in [-0.3, -0.25) is 0 Å². The zero-order valence-corrected chi connectivity index (χ0v) is 12.1. The van der Waals surface area contributed by atoms with E-state index in [2.05, 4.69) is 13.8 Å². The van der Waals surface area contributed by atoms with Crippen molar-refractivity contribution in [3.05, 3.63) is 0 Å². The van der Waals surface area contributed by atoms with E-state index in [0.29, 0.717) is 0 Å². The molecule has 2 nitrogen and oxygen atoms in total. The van der Waals surface area contributed by atoms with Crippen LogP contribution < -0.4 is 0 Å². The third kappa shape index (κ3) is 10.8. The lowest BCUT2D eigenvalue weighted by Gasteiger charge is -2.18. The van der Waals surface area contributed by atoms with Crippen molar-refractivity contribution in [2.45, 2.75) is 90.8 Å². The van der Waals surface area contributed by atoms with Crippen LogP contribution in [0.3, 0.4) is 0 Å². The summed E-state index contributed by atoms with van der Waals surface area (Å²) in [5.74, 6) is 0. The van der Waals surface area contributed by atoms with Crippen molar-refractivity contribution in [1.29, 1.82) is 0 Å². The van der Waals surface area contributed by atoms with Crippen LogP contribution in [0.5, 0.6) is 0 Å². The second-order valence-electron chi connectivity index (χ2n) is 5.03. The third-order valence-electron chi connectivity index (χ3n) is 3.27. The molecule has 0 radical (unpaired) electrons. The summed E-state index contributed by atoms with van der Waals surface area (Å²) < 4.78 is 5.65. The van der Waals surface area contributed by atoms with E-state index in [0.717, 1.165) is 19.4 Å². The van der Waals surface area contributed by atoms with Gasteiger partial charge < -0.3 is 9.84 Å². The highest BCUT2D eigenvalue weighted by atomic mass is 16.5. The summed E-state index contributed by atoms with van der Waals surface area (Å²) in [6, 6.07) is 0. The molecule has 0 aliphatic rings. The van der Waals surface area contributed by atoms with E-state index in [9.17, 15) is 5.11 Å². The molecule has 17 heavy (non-hydrogen) atoms. The maximum Gasteiger partial charge on any atom is 0.0828 e. The fourth-order valence-electron chi connectivity index (χ4n) is 2.07. The number of aliphatic hydroxyl groups excluding tert-OH is 1. The summed E-state index contributed by atoms with van der Waals surface area (Å²) in [6.07, 6.45) is 11.2. The van der Waals surface area contributed by atoms with Gasteiger partial charge in [0.25, 0.3) is 0 Å². The second-order valence-corrected chi connectivity index (χ2v) is 5.03. The molecule has 0 fully saturated rings. The molecule has 0 bridgehead atoms. The molecule has 104 valence electrons. The van der Waals surface area contributed by atoms with Crippen LogP contribution in [-0.4, -0.2) is 23.9 Å². The van der Waals surface area contributed by atoms with Crippen molar-refractivity contribution < 1.29 is 9.84 Å². The van der Waals surface area contributed by atoms with E-state index < -0.39 is 0 Å². The lowest BCUT2D eigenvalue weighted by molar-refractivity contribution is -0.0320. The van der Waals surface area contributed by atoms with Gasteiger partial charge in [0.1, 0.15) is 0 Å². The number of hydrogen-bond acceptors (Lipinski definition) is 2. The van der Waals surface area contributed by atoms with Crippen LogP contribution >= 0.6 is 0 Å². The van der Waals surface area contributed by atoms with Gasteiger partial charge in [-0.25, -0.2) is 0 Å². The van der Waals surface area contributed by atoms with Gasteiger partial charge in [-0.05, 0) is 19.8 Å². The molecule has 2 unspecified atom stereocenters. The summed E-state index contributed by atoms with van der Waals surface area (Å²) in [5.41, 5.74) is 0. The van der Waals surface area contributed by atoms with Crippen LogP contribution in [0.4, 0.5) is 0 Å². The Bertz CT molecular complexity index is 146. The molecule has 0 heterocycles. The molecule has 0 aliphatic heterocycles. The van der Waals surface area contributed by atoms with Gasteiger partial charge in [-0.2, -0.15) is 0 Å². The Labute approximate surface area is 108 Å². The maximum absolute atomic E-state index is 9.41. The lowest BCUT2D eigenvalue weighted by Crippen LogP contribution is -2.25. The van der Waals surface area contributed by atoms with E-state index in [4.69, 9.17) is 4.74 Å². The quantitative estimate of drug-likeness (QED) is 0.519. The van der Waals surface area contributed by atoms with Crippen molar-refractivity contribution >= 4 is 0 Å². The molecule has 0 rings (SSSR count). The first-order valence-electron chi connectivity index (χ1n) is 7.52. The summed E-state index contributed by atoms with van der Waals surface area (Å²) in [6.45, 7) is 6.93. The zero-order chi connectivity index (χ0) is 12.9. The summed E-state index contributed by atoms with van der Waals surface area (Å²) in [4.78, 5) is 0. The minimum absolute atomic E-state index is 0.0274. The molecule has 1 N–H and O–H groups in total. The normalized spacial score (nSPS) is 14.8. The van der Waals surface area contributed by atoms with Crippen molar-refractivity contribution in [3.8, 4) is 0 Å². The molecule has 0 amide bonds. The molecule has 0 aromatic heterocycles. The van der Waals surface area contributed by atoms with Crippen molar-refractivity contribution in [2.24, 2.45) is 0 Å². The van der Waals surface area contributed by atoms with Crippen molar-refractivity contribution in [3.63, 3.8) is 0 Å². The van der Waals surface area contributed by atoms with Crippen LogP contribution in [-0.2, 0) is 4.74 Å². The Morgan fingerprint density at radius 2 is 1.41 bits per heavy atom. The van der Waals surface area contributed by atoms with E-state index in [-0.39, 0.29) is 12.2 Å².